The van der Waals surface area contributed by atoms with Crippen molar-refractivity contribution in [2.24, 2.45) is 0 Å². The van der Waals surface area contributed by atoms with Crippen LogP contribution in [0.5, 0.6) is 0 Å². The topological polar surface area (TPSA) is 152 Å². The third-order valence-corrected chi connectivity index (χ3v) is 11.4. The zero-order valence-electron chi connectivity index (χ0n) is 39.4. The van der Waals surface area contributed by atoms with Gasteiger partial charge in [0.25, 0.3) is 0 Å². The van der Waals surface area contributed by atoms with Crippen LogP contribution in [0.2, 0.25) is 0 Å². The molecule has 0 saturated carbocycles. The molecule has 0 amide bonds. The van der Waals surface area contributed by atoms with Crippen molar-refractivity contribution >= 4 is 11.9 Å². The molecule has 1 fully saturated rings. The lowest BCUT2D eigenvalue weighted by molar-refractivity contribution is -0.305. The van der Waals surface area contributed by atoms with E-state index in [1.54, 1.807) is 0 Å². The second-order valence-corrected chi connectivity index (χ2v) is 17.3. The highest BCUT2D eigenvalue weighted by molar-refractivity contribution is 5.70. The van der Waals surface area contributed by atoms with Gasteiger partial charge in [-0.05, 0) is 51.4 Å². The highest BCUT2D eigenvalue weighted by atomic mass is 16.7. The molecule has 0 aromatic carbocycles. The van der Waals surface area contributed by atoms with Crippen molar-refractivity contribution in [1.29, 1.82) is 0 Å². The van der Waals surface area contributed by atoms with Crippen LogP contribution in [0, 0.1) is 0 Å². The van der Waals surface area contributed by atoms with Crippen LogP contribution in [0.25, 0.3) is 0 Å². The van der Waals surface area contributed by atoms with Gasteiger partial charge in [-0.25, -0.2) is 0 Å². The van der Waals surface area contributed by atoms with Crippen LogP contribution in [-0.2, 0) is 28.5 Å². The summed E-state index contributed by atoms with van der Waals surface area (Å²) in [5.41, 5.74) is 0. The number of hydrogen-bond donors (Lipinski definition) is 4. The van der Waals surface area contributed by atoms with Gasteiger partial charge in [0.05, 0.1) is 13.2 Å². The Bertz CT molecular complexity index is 1150. The van der Waals surface area contributed by atoms with Crippen molar-refractivity contribution in [2.45, 2.75) is 250 Å². The van der Waals surface area contributed by atoms with Gasteiger partial charge in [-0.2, -0.15) is 0 Å². The van der Waals surface area contributed by atoms with Gasteiger partial charge in [-0.15, -0.1) is 0 Å². The lowest BCUT2D eigenvalue weighted by Gasteiger charge is -2.39. The Kier molecular flexibility index (Phi) is 39.6. The molecule has 0 aliphatic carbocycles. The first-order valence-electron chi connectivity index (χ1n) is 25.2. The van der Waals surface area contributed by atoms with Crippen molar-refractivity contribution in [2.75, 3.05) is 19.8 Å². The number of ether oxygens (including phenoxy) is 4. The Labute approximate surface area is 378 Å². The van der Waals surface area contributed by atoms with Gasteiger partial charge in [0.15, 0.2) is 12.4 Å². The lowest BCUT2D eigenvalue weighted by Crippen LogP contribution is -2.59. The maximum Gasteiger partial charge on any atom is 0.306 e. The third-order valence-electron chi connectivity index (χ3n) is 11.4. The highest BCUT2D eigenvalue weighted by Crippen LogP contribution is 2.23. The number of esters is 2. The number of allylic oxidation sites excluding steroid dienone is 8. The molecule has 62 heavy (non-hydrogen) atoms. The van der Waals surface area contributed by atoms with Crippen LogP contribution in [-0.4, -0.2) is 89.0 Å². The lowest BCUT2D eigenvalue weighted by atomic mass is 9.99. The van der Waals surface area contributed by atoms with E-state index in [-0.39, 0.29) is 32.0 Å². The van der Waals surface area contributed by atoms with Gasteiger partial charge in [0, 0.05) is 12.8 Å². The summed E-state index contributed by atoms with van der Waals surface area (Å²) in [5, 5.41) is 40.2. The zero-order chi connectivity index (χ0) is 45.1. The monoisotopic (exact) mass is 877 g/mol. The van der Waals surface area contributed by atoms with Crippen molar-refractivity contribution < 1.29 is 49.0 Å². The molecule has 0 aromatic rings. The highest BCUT2D eigenvalue weighted by Gasteiger charge is 2.44. The first-order valence-corrected chi connectivity index (χ1v) is 25.2. The maximum absolute atomic E-state index is 12.8. The van der Waals surface area contributed by atoms with Crippen LogP contribution in [0.1, 0.15) is 213 Å². The van der Waals surface area contributed by atoms with Crippen LogP contribution in [0.4, 0.5) is 0 Å². The summed E-state index contributed by atoms with van der Waals surface area (Å²) >= 11 is 0. The molecule has 2 unspecified atom stereocenters. The Hall–Kier alpha value is -2.34. The molecule has 4 N–H and O–H groups in total. The van der Waals surface area contributed by atoms with Gasteiger partial charge in [0.1, 0.15) is 31.0 Å². The molecule has 6 atom stereocenters. The second-order valence-electron chi connectivity index (χ2n) is 17.3. The van der Waals surface area contributed by atoms with E-state index in [0.29, 0.717) is 6.42 Å². The summed E-state index contributed by atoms with van der Waals surface area (Å²) in [7, 11) is 0. The number of unbranched alkanes of at least 4 members (excludes halogenated alkanes) is 23. The average Bonchev–Trinajstić information content (AvgIpc) is 3.27. The summed E-state index contributed by atoms with van der Waals surface area (Å²) in [6, 6.07) is 0. The average molecular weight is 877 g/mol. The SMILES string of the molecule is CCC/C=C/C/C=C/C/C=C/C/C=C/CCCCCC(=O)O[C@@H](COC(=O)CCCCCCCCCCCCCCCCCCCCCC)CO[C@H]1O[C@@H](CO)[C@@H](O)C(O)C1O. The molecule has 1 rings (SSSR count). The van der Waals surface area contributed by atoms with E-state index in [9.17, 15) is 30.0 Å². The predicted molar refractivity (Wildman–Crippen MR) is 252 cm³/mol. The normalized spacial score (nSPS) is 20.0. The van der Waals surface area contributed by atoms with Crippen LogP contribution in [0.3, 0.4) is 0 Å². The molecule has 1 aliphatic rings. The van der Waals surface area contributed by atoms with E-state index in [1.807, 2.05) is 0 Å². The van der Waals surface area contributed by atoms with Crippen LogP contribution in [0.15, 0.2) is 48.6 Å². The molecule has 0 spiro atoms. The Balaban J connectivity index is 2.28. The van der Waals surface area contributed by atoms with Gasteiger partial charge in [0.2, 0.25) is 0 Å². The molecular formula is C52H92O10. The zero-order valence-corrected chi connectivity index (χ0v) is 39.4. The minimum absolute atomic E-state index is 0.193. The van der Waals surface area contributed by atoms with Gasteiger partial charge < -0.3 is 39.4 Å². The Morgan fingerprint density at radius 1 is 0.500 bits per heavy atom. The number of hydrogen-bond acceptors (Lipinski definition) is 10. The summed E-state index contributed by atoms with van der Waals surface area (Å²) in [5.74, 6) is -0.836. The summed E-state index contributed by atoms with van der Waals surface area (Å²) < 4.78 is 22.2. The fourth-order valence-electron chi connectivity index (χ4n) is 7.47. The van der Waals surface area contributed by atoms with E-state index in [1.165, 1.54) is 116 Å². The molecule has 360 valence electrons. The van der Waals surface area contributed by atoms with Crippen molar-refractivity contribution in [1.82, 2.24) is 0 Å². The van der Waals surface area contributed by atoms with Crippen molar-refractivity contribution in [3.05, 3.63) is 48.6 Å². The standard InChI is InChI=1S/C52H92O10/c1-3-5-7-9-11-13-15-17-19-21-22-23-25-26-28-30-32-34-36-38-40-47(54)59-43-45(44-60-52-51(58)50(57)49(56)46(42-53)62-52)61-48(55)41-39-37-35-33-31-29-27-24-20-18-16-14-12-10-8-6-4-2/h8,10,14,16,20,24,29,31,45-46,49-53,56-58H,3-7,9,11-13,15,17-19,21-23,25-28,30,32-44H2,1-2H3/b10-8+,16-14+,24-20+,31-29+/t45-,46-,49+,50?,51?,52-/m0/s1. The summed E-state index contributed by atoms with van der Waals surface area (Å²) in [6.45, 7) is 3.35. The second kappa shape index (κ2) is 42.6. The first kappa shape index (κ1) is 57.7. The molecule has 1 saturated heterocycles. The predicted octanol–water partition coefficient (Wildman–Crippen LogP) is 11.6. The number of aliphatic hydroxyl groups is 4. The molecule has 10 nitrogen and oxygen atoms in total. The maximum atomic E-state index is 12.8. The first-order chi connectivity index (χ1) is 30.3. The molecule has 0 aromatic heterocycles. The van der Waals surface area contributed by atoms with E-state index >= 15 is 0 Å². The van der Waals surface area contributed by atoms with Gasteiger partial charge in [-0.1, -0.05) is 197 Å². The van der Waals surface area contributed by atoms with E-state index in [0.717, 1.165) is 64.2 Å². The molecule has 1 heterocycles. The van der Waals surface area contributed by atoms with E-state index in [4.69, 9.17) is 18.9 Å². The van der Waals surface area contributed by atoms with Crippen molar-refractivity contribution in [3.63, 3.8) is 0 Å². The Morgan fingerprint density at radius 3 is 1.42 bits per heavy atom. The summed E-state index contributed by atoms with van der Waals surface area (Å²) in [6.07, 6.45) is 44.0. The largest absolute Gasteiger partial charge is 0.462 e. The third kappa shape index (κ3) is 33.2. The van der Waals surface area contributed by atoms with Crippen molar-refractivity contribution in [3.8, 4) is 0 Å². The minimum atomic E-state index is -1.60. The van der Waals surface area contributed by atoms with Crippen LogP contribution >= 0.6 is 0 Å². The van der Waals surface area contributed by atoms with Crippen LogP contribution < -0.4 is 0 Å². The smallest absolute Gasteiger partial charge is 0.306 e. The molecule has 0 bridgehead atoms. The number of aliphatic hydroxyl groups excluding tert-OH is 4. The summed E-state index contributed by atoms with van der Waals surface area (Å²) in [4.78, 5) is 25.4. The van der Waals surface area contributed by atoms with Gasteiger partial charge in [-0.3, -0.25) is 9.59 Å². The fraction of sp³-hybridized carbons (Fsp3) is 0.808. The minimum Gasteiger partial charge on any atom is -0.462 e. The van der Waals surface area contributed by atoms with Gasteiger partial charge >= 0.3 is 11.9 Å². The number of rotatable bonds is 42. The molecule has 0 radical (unpaired) electrons. The van der Waals surface area contributed by atoms with E-state index in [2.05, 4.69) is 62.5 Å². The molecule has 10 heteroatoms. The number of carbonyl (C=O) groups excluding carboxylic acids is 2. The quantitative estimate of drug-likeness (QED) is 0.0265. The fourth-order valence-corrected chi connectivity index (χ4v) is 7.47. The Morgan fingerprint density at radius 2 is 0.935 bits per heavy atom. The number of carbonyl (C=O) groups is 2. The van der Waals surface area contributed by atoms with E-state index < -0.39 is 49.4 Å². The molecule has 1 aliphatic heterocycles. The molecular weight excluding hydrogens is 785 g/mol.